The van der Waals surface area contributed by atoms with E-state index in [0.717, 1.165) is 5.56 Å². The molecular formula is C10H9Cl2NO2. The van der Waals surface area contributed by atoms with Crippen LogP contribution in [0.4, 0.5) is 5.69 Å². The van der Waals surface area contributed by atoms with Gasteiger partial charge in [-0.2, -0.15) is 0 Å². The molecule has 1 aliphatic carbocycles. The van der Waals surface area contributed by atoms with Crippen LogP contribution in [0.15, 0.2) is 18.2 Å². The number of hydrogen-bond donors (Lipinski definition) is 0. The van der Waals surface area contributed by atoms with Gasteiger partial charge in [-0.25, -0.2) is 0 Å². The van der Waals surface area contributed by atoms with E-state index in [0.29, 0.717) is 12.0 Å². The second-order valence-corrected chi connectivity index (χ2v) is 5.36. The molecule has 1 aromatic rings. The highest BCUT2D eigenvalue weighted by atomic mass is 35.5. The van der Waals surface area contributed by atoms with Gasteiger partial charge < -0.3 is 0 Å². The van der Waals surface area contributed by atoms with Gasteiger partial charge in [0.05, 0.1) is 4.92 Å². The molecule has 1 atom stereocenters. The van der Waals surface area contributed by atoms with Gasteiger partial charge in [0.2, 0.25) is 0 Å². The summed E-state index contributed by atoms with van der Waals surface area (Å²) in [6.45, 7) is 1.71. The fourth-order valence-corrected chi connectivity index (χ4v) is 2.18. The zero-order valence-corrected chi connectivity index (χ0v) is 9.55. The lowest BCUT2D eigenvalue weighted by Crippen LogP contribution is -1.95. The third-order valence-electron chi connectivity index (χ3n) is 2.66. The van der Waals surface area contributed by atoms with Crippen molar-refractivity contribution in [2.24, 2.45) is 0 Å². The second-order valence-electron chi connectivity index (χ2n) is 3.82. The van der Waals surface area contributed by atoms with Crippen molar-refractivity contribution in [3.05, 3.63) is 39.4 Å². The van der Waals surface area contributed by atoms with Crippen molar-refractivity contribution < 1.29 is 4.92 Å². The average molecular weight is 246 g/mol. The molecule has 0 amide bonds. The number of aryl methyl sites for hydroxylation is 1. The molecule has 1 unspecified atom stereocenters. The molecule has 0 aromatic heterocycles. The number of nitro benzene ring substituents is 1. The number of benzene rings is 1. The monoisotopic (exact) mass is 245 g/mol. The number of halogens is 2. The summed E-state index contributed by atoms with van der Waals surface area (Å²) in [6, 6.07) is 5.14. The fourth-order valence-electron chi connectivity index (χ4n) is 1.61. The number of rotatable bonds is 2. The topological polar surface area (TPSA) is 43.1 Å². The van der Waals surface area contributed by atoms with E-state index in [2.05, 4.69) is 0 Å². The van der Waals surface area contributed by atoms with Crippen molar-refractivity contribution in [1.82, 2.24) is 0 Å². The first-order chi connectivity index (χ1) is 6.92. The van der Waals surface area contributed by atoms with E-state index in [-0.39, 0.29) is 16.5 Å². The first-order valence-corrected chi connectivity index (χ1v) is 5.30. The van der Waals surface area contributed by atoms with Crippen molar-refractivity contribution in [3.8, 4) is 0 Å². The van der Waals surface area contributed by atoms with Crippen LogP contribution in [0.3, 0.4) is 0 Å². The molecule has 0 bridgehead atoms. The molecule has 1 fully saturated rings. The van der Waals surface area contributed by atoms with Gasteiger partial charge in [0.15, 0.2) is 0 Å². The van der Waals surface area contributed by atoms with Crippen LogP contribution in [0.2, 0.25) is 0 Å². The van der Waals surface area contributed by atoms with Gasteiger partial charge in [-0.1, -0.05) is 12.1 Å². The van der Waals surface area contributed by atoms with E-state index >= 15 is 0 Å². The molecule has 0 saturated heterocycles. The molecule has 1 saturated carbocycles. The number of nitro groups is 1. The summed E-state index contributed by atoms with van der Waals surface area (Å²) in [4.78, 5) is 10.3. The molecule has 2 rings (SSSR count). The van der Waals surface area contributed by atoms with Crippen LogP contribution in [0, 0.1) is 17.0 Å². The Hall–Kier alpha value is -0.800. The van der Waals surface area contributed by atoms with Crippen LogP contribution in [0.25, 0.3) is 0 Å². The van der Waals surface area contributed by atoms with E-state index in [1.54, 1.807) is 19.1 Å². The highest BCUT2D eigenvalue weighted by molar-refractivity contribution is 6.51. The van der Waals surface area contributed by atoms with E-state index in [1.165, 1.54) is 0 Å². The normalized spacial score (nSPS) is 22.5. The summed E-state index contributed by atoms with van der Waals surface area (Å²) in [6.07, 6.45) is 0.663. The van der Waals surface area contributed by atoms with Crippen LogP contribution in [0.1, 0.15) is 23.5 Å². The fraction of sp³-hybridized carbons (Fsp3) is 0.400. The molecule has 15 heavy (non-hydrogen) atoms. The maximum absolute atomic E-state index is 10.7. The van der Waals surface area contributed by atoms with Crippen LogP contribution in [-0.4, -0.2) is 9.26 Å². The first kappa shape index (κ1) is 10.7. The molecule has 5 heteroatoms. The third kappa shape index (κ3) is 1.94. The smallest absolute Gasteiger partial charge is 0.258 e. The second kappa shape index (κ2) is 3.35. The Balaban J connectivity index is 2.36. The highest BCUT2D eigenvalue weighted by Gasteiger charge is 2.52. The van der Waals surface area contributed by atoms with Crippen molar-refractivity contribution in [2.45, 2.75) is 23.6 Å². The van der Waals surface area contributed by atoms with Crippen LogP contribution in [-0.2, 0) is 0 Å². The van der Waals surface area contributed by atoms with Gasteiger partial charge >= 0.3 is 0 Å². The molecule has 1 aliphatic rings. The maximum atomic E-state index is 10.7. The number of alkyl halides is 2. The summed E-state index contributed by atoms with van der Waals surface area (Å²) in [5.74, 6) is 0.0279. The minimum absolute atomic E-state index is 0.0279. The van der Waals surface area contributed by atoms with Gasteiger partial charge in [-0.3, -0.25) is 10.1 Å². The van der Waals surface area contributed by atoms with Gasteiger partial charge in [0.1, 0.15) is 4.33 Å². The summed E-state index contributed by atoms with van der Waals surface area (Å²) in [7, 11) is 0. The average Bonchev–Trinajstić information content (AvgIpc) is 2.75. The van der Waals surface area contributed by atoms with E-state index in [1.807, 2.05) is 6.07 Å². The van der Waals surface area contributed by atoms with E-state index < -0.39 is 4.33 Å². The van der Waals surface area contributed by atoms with Crippen molar-refractivity contribution in [1.29, 1.82) is 0 Å². The minimum atomic E-state index is -0.733. The summed E-state index contributed by atoms with van der Waals surface area (Å²) in [5.41, 5.74) is 1.62. The highest BCUT2D eigenvalue weighted by Crippen LogP contribution is 2.59. The quantitative estimate of drug-likeness (QED) is 0.454. The van der Waals surface area contributed by atoms with Gasteiger partial charge in [0, 0.05) is 17.5 Å². The molecule has 0 spiro atoms. The predicted octanol–water partition coefficient (Wildman–Crippen LogP) is 3.56. The van der Waals surface area contributed by atoms with Crippen LogP contribution < -0.4 is 0 Å². The summed E-state index contributed by atoms with van der Waals surface area (Å²) < 4.78 is -0.733. The van der Waals surface area contributed by atoms with E-state index in [9.17, 15) is 10.1 Å². The SMILES string of the molecule is Cc1ccc(C2CC2(Cl)Cl)cc1[N+](=O)[O-]. The lowest BCUT2D eigenvalue weighted by molar-refractivity contribution is -0.385. The lowest BCUT2D eigenvalue weighted by atomic mass is 10.1. The minimum Gasteiger partial charge on any atom is -0.258 e. The van der Waals surface area contributed by atoms with Crippen LogP contribution >= 0.6 is 23.2 Å². The molecule has 1 aromatic carbocycles. The Bertz CT molecular complexity index is 431. The third-order valence-corrected chi connectivity index (χ3v) is 3.49. The summed E-state index contributed by atoms with van der Waals surface area (Å²) in [5, 5.41) is 10.7. The Morgan fingerprint density at radius 2 is 2.13 bits per heavy atom. The Labute approximate surface area is 97.1 Å². The Kier molecular flexibility index (Phi) is 2.40. The maximum Gasteiger partial charge on any atom is 0.272 e. The largest absolute Gasteiger partial charge is 0.272 e. The molecule has 0 radical (unpaired) electrons. The standard InChI is InChI=1S/C10H9Cl2NO2/c1-6-2-3-7(4-9(6)13(14)15)8-5-10(8,11)12/h2-4,8H,5H2,1H3. The molecular weight excluding hydrogens is 237 g/mol. The van der Waals surface area contributed by atoms with Crippen molar-refractivity contribution in [2.75, 3.05) is 0 Å². The molecule has 80 valence electrons. The number of nitrogens with zero attached hydrogens (tertiary/aromatic N) is 1. The lowest BCUT2D eigenvalue weighted by Gasteiger charge is -2.02. The number of hydrogen-bond acceptors (Lipinski definition) is 2. The Morgan fingerprint density at radius 3 is 2.60 bits per heavy atom. The molecule has 0 aliphatic heterocycles. The van der Waals surface area contributed by atoms with Crippen molar-refractivity contribution >= 4 is 28.9 Å². The zero-order chi connectivity index (χ0) is 11.2. The van der Waals surface area contributed by atoms with Gasteiger partial charge in [-0.05, 0) is 18.9 Å². The van der Waals surface area contributed by atoms with Crippen molar-refractivity contribution in [3.63, 3.8) is 0 Å². The van der Waals surface area contributed by atoms with Gasteiger partial charge in [0.25, 0.3) is 5.69 Å². The first-order valence-electron chi connectivity index (χ1n) is 4.54. The molecule has 0 heterocycles. The zero-order valence-electron chi connectivity index (χ0n) is 8.04. The van der Waals surface area contributed by atoms with Crippen LogP contribution in [0.5, 0.6) is 0 Å². The van der Waals surface area contributed by atoms with E-state index in [4.69, 9.17) is 23.2 Å². The predicted molar refractivity (Wildman–Crippen MR) is 59.6 cm³/mol. The molecule has 0 N–H and O–H groups in total. The van der Waals surface area contributed by atoms with Gasteiger partial charge in [-0.15, -0.1) is 23.2 Å². The molecule has 3 nitrogen and oxygen atoms in total. The summed E-state index contributed by atoms with van der Waals surface area (Å²) >= 11 is 11.8. The Morgan fingerprint density at radius 1 is 1.53 bits per heavy atom.